The first-order valence-electron chi connectivity index (χ1n) is 7.24. The molecule has 0 aliphatic carbocycles. The highest BCUT2D eigenvalue weighted by atomic mass is 35.5. The summed E-state index contributed by atoms with van der Waals surface area (Å²) in [5, 5.41) is 17.2. The number of amides is 1. The Morgan fingerprint density at radius 2 is 2.16 bits per heavy atom. The first-order chi connectivity index (χ1) is 12.1. The lowest BCUT2D eigenvalue weighted by atomic mass is 10.2. The van der Waals surface area contributed by atoms with Crippen molar-refractivity contribution >= 4 is 23.7 Å². The second kappa shape index (κ2) is 7.47. The summed E-state index contributed by atoms with van der Waals surface area (Å²) in [6, 6.07) is 12.1. The predicted octanol–water partition coefficient (Wildman–Crippen LogP) is 2.81. The molecule has 0 spiro atoms. The van der Waals surface area contributed by atoms with Crippen molar-refractivity contribution in [2.45, 2.75) is 6.54 Å². The highest BCUT2D eigenvalue weighted by molar-refractivity contribution is 6.30. The van der Waals surface area contributed by atoms with E-state index in [0.29, 0.717) is 22.9 Å². The zero-order valence-corrected chi connectivity index (χ0v) is 13.6. The number of hydrogen-bond donors (Lipinski definition) is 1. The van der Waals surface area contributed by atoms with Crippen molar-refractivity contribution in [2.24, 2.45) is 5.10 Å². The fraction of sp³-hybridized carbons (Fsp3) is 0.0588. The van der Waals surface area contributed by atoms with E-state index in [1.807, 2.05) is 6.07 Å². The topological polar surface area (TPSA) is 96.2 Å². The van der Waals surface area contributed by atoms with Crippen LogP contribution in [0.3, 0.4) is 0 Å². The van der Waals surface area contributed by atoms with Crippen LogP contribution in [0.15, 0.2) is 58.3 Å². The maximum Gasteiger partial charge on any atom is 0.307 e. The normalized spacial score (nSPS) is 10.7. The number of nitriles is 1. The first kappa shape index (κ1) is 16.5. The molecule has 3 aromatic rings. The molecule has 1 amide bonds. The maximum absolute atomic E-state index is 12.0. The van der Waals surface area contributed by atoms with Crippen LogP contribution in [0.4, 0.5) is 0 Å². The standard InChI is InChI=1S/C17H12ClN5O2/c18-14-9-21-23(10-14)11-15-5-6-16(25-15)17(24)22-20-8-13-3-1-12(7-19)2-4-13/h1-6,8-10H,11H2,(H,22,24). The Bertz CT molecular complexity index is 950. The molecule has 0 radical (unpaired) electrons. The maximum atomic E-state index is 12.0. The molecule has 0 bridgehead atoms. The molecular weight excluding hydrogens is 342 g/mol. The van der Waals surface area contributed by atoms with Crippen LogP contribution in [-0.2, 0) is 6.54 Å². The zero-order valence-electron chi connectivity index (χ0n) is 12.9. The second-order valence-corrected chi connectivity index (χ2v) is 5.49. The van der Waals surface area contributed by atoms with Crippen molar-refractivity contribution in [1.82, 2.24) is 15.2 Å². The molecule has 0 saturated carbocycles. The van der Waals surface area contributed by atoms with Crippen LogP contribution in [-0.4, -0.2) is 21.9 Å². The number of furan rings is 1. The quantitative estimate of drug-likeness (QED) is 0.563. The number of benzene rings is 1. The van der Waals surface area contributed by atoms with E-state index in [-0.39, 0.29) is 5.76 Å². The van der Waals surface area contributed by atoms with Gasteiger partial charge < -0.3 is 4.42 Å². The summed E-state index contributed by atoms with van der Waals surface area (Å²) in [6.07, 6.45) is 4.66. The van der Waals surface area contributed by atoms with Crippen LogP contribution in [0.1, 0.15) is 27.4 Å². The van der Waals surface area contributed by atoms with Crippen LogP contribution in [0.25, 0.3) is 0 Å². The molecule has 25 heavy (non-hydrogen) atoms. The lowest BCUT2D eigenvalue weighted by Gasteiger charge is -1.98. The second-order valence-electron chi connectivity index (χ2n) is 5.06. The average molecular weight is 354 g/mol. The summed E-state index contributed by atoms with van der Waals surface area (Å²) < 4.78 is 7.07. The molecule has 7 nitrogen and oxygen atoms in total. The van der Waals surface area contributed by atoms with E-state index in [4.69, 9.17) is 21.3 Å². The Labute approximate surface area is 148 Å². The molecule has 3 rings (SSSR count). The smallest absolute Gasteiger partial charge is 0.307 e. The van der Waals surface area contributed by atoms with E-state index in [1.165, 1.54) is 12.4 Å². The molecule has 0 unspecified atom stereocenters. The molecule has 8 heteroatoms. The van der Waals surface area contributed by atoms with Crippen LogP contribution in [0.2, 0.25) is 5.02 Å². The van der Waals surface area contributed by atoms with Gasteiger partial charge >= 0.3 is 5.91 Å². The van der Waals surface area contributed by atoms with E-state index < -0.39 is 5.91 Å². The van der Waals surface area contributed by atoms with Gasteiger partial charge in [0.05, 0.1) is 35.6 Å². The van der Waals surface area contributed by atoms with Gasteiger partial charge in [0.1, 0.15) is 5.76 Å². The van der Waals surface area contributed by atoms with E-state index in [1.54, 1.807) is 47.3 Å². The van der Waals surface area contributed by atoms with E-state index in [2.05, 4.69) is 15.6 Å². The van der Waals surface area contributed by atoms with Gasteiger partial charge in [0.15, 0.2) is 5.76 Å². The number of nitrogens with one attached hydrogen (secondary N) is 1. The number of aromatic nitrogens is 2. The van der Waals surface area contributed by atoms with Crippen LogP contribution < -0.4 is 5.43 Å². The summed E-state index contributed by atoms with van der Waals surface area (Å²) in [4.78, 5) is 12.0. The molecule has 0 aliphatic heterocycles. The Kier molecular flexibility index (Phi) is 4.92. The van der Waals surface area contributed by atoms with Gasteiger partial charge in [-0.25, -0.2) is 5.43 Å². The molecule has 0 fully saturated rings. The van der Waals surface area contributed by atoms with Crippen LogP contribution in [0.5, 0.6) is 0 Å². The van der Waals surface area contributed by atoms with Gasteiger partial charge in [0, 0.05) is 6.20 Å². The van der Waals surface area contributed by atoms with Gasteiger partial charge in [0.2, 0.25) is 0 Å². The number of hydrazone groups is 1. The van der Waals surface area contributed by atoms with Crippen molar-refractivity contribution in [2.75, 3.05) is 0 Å². The summed E-state index contributed by atoms with van der Waals surface area (Å²) in [5.74, 6) is 0.251. The van der Waals surface area contributed by atoms with Crippen molar-refractivity contribution < 1.29 is 9.21 Å². The molecule has 0 aliphatic rings. The third-order valence-electron chi connectivity index (χ3n) is 3.22. The summed E-state index contributed by atoms with van der Waals surface area (Å²) >= 11 is 5.80. The van der Waals surface area contributed by atoms with Gasteiger partial charge in [0.25, 0.3) is 0 Å². The molecule has 124 valence electrons. The SMILES string of the molecule is N#Cc1ccc(C=NNC(=O)c2ccc(Cn3cc(Cl)cn3)o2)cc1. The number of rotatable bonds is 5. The molecular formula is C17H12ClN5O2. The number of halogens is 1. The van der Waals surface area contributed by atoms with Crippen molar-refractivity contribution in [3.8, 4) is 6.07 Å². The lowest BCUT2D eigenvalue weighted by molar-refractivity contribution is 0.0925. The summed E-state index contributed by atoms with van der Waals surface area (Å²) in [6.45, 7) is 0.370. The van der Waals surface area contributed by atoms with Crippen LogP contribution in [0, 0.1) is 11.3 Å². The lowest BCUT2D eigenvalue weighted by Crippen LogP contribution is -2.16. The van der Waals surface area contributed by atoms with E-state index in [0.717, 1.165) is 5.56 Å². The van der Waals surface area contributed by atoms with E-state index >= 15 is 0 Å². The number of carbonyl (C=O) groups excluding carboxylic acids is 1. The number of carbonyl (C=O) groups is 1. The molecule has 0 saturated heterocycles. The van der Waals surface area contributed by atoms with Gasteiger partial charge in [-0.1, -0.05) is 23.7 Å². The van der Waals surface area contributed by atoms with Crippen molar-refractivity contribution in [3.63, 3.8) is 0 Å². The van der Waals surface area contributed by atoms with E-state index in [9.17, 15) is 4.79 Å². The molecule has 1 aromatic carbocycles. The Morgan fingerprint density at radius 3 is 2.84 bits per heavy atom. The fourth-order valence-corrected chi connectivity index (χ4v) is 2.19. The first-order valence-corrected chi connectivity index (χ1v) is 7.62. The minimum absolute atomic E-state index is 0.144. The predicted molar refractivity (Wildman–Crippen MR) is 91.3 cm³/mol. The summed E-state index contributed by atoms with van der Waals surface area (Å²) in [5.41, 5.74) is 3.70. The minimum Gasteiger partial charge on any atom is -0.454 e. The van der Waals surface area contributed by atoms with Gasteiger partial charge in [-0.05, 0) is 29.8 Å². The largest absolute Gasteiger partial charge is 0.454 e. The van der Waals surface area contributed by atoms with Gasteiger partial charge in [-0.15, -0.1) is 0 Å². The number of nitrogens with zero attached hydrogens (tertiary/aromatic N) is 4. The van der Waals surface area contributed by atoms with Crippen molar-refractivity contribution in [3.05, 3.63) is 76.5 Å². The third kappa shape index (κ3) is 4.34. The zero-order chi connectivity index (χ0) is 17.6. The molecule has 0 atom stereocenters. The molecule has 1 N–H and O–H groups in total. The average Bonchev–Trinajstić information content (AvgIpc) is 3.25. The van der Waals surface area contributed by atoms with Gasteiger partial charge in [-0.2, -0.15) is 15.5 Å². The third-order valence-corrected chi connectivity index (χ3v) is 3.42. The molecule has 2 heterocycles. The van der Waals surface area contributed by atoms with Crippen molar-refractivity contribution in [1.29, 1.82) is 5.26 Å². The Morgan fingerprint density at radius 1 is 1.36 bits per heavy atom. The molecule has 2 aromatic heterocycles. The Balaban J connectivity index is 1.57. The highest BCUT2D eigenvalue weighted by Gasteiger charge is 2.11. The Hall–Kier alpha value is -3.37. The minimum atomic E-state index is -0.463. The highest BCUT2D eigenvalue weighted by Crippen LogP contribution is 2.11. The number of hydrogen-bond acceptors (Lipinski definition) is 5. The fourth-order valence-electron chi connectivity index (χ4n) is 2.03. The van der Waals surface area contributed by atoms with Gasteiger partial charge in [-0.3, -0.25) is 9.48 Å². The van der Waals surface area contributed by atoms with Crippen LogP contribution >= 0.6 is 11.6 Å². The monoisotopic (exact) mass is 353 g/mol. The summed E-state index contributed by atoms with van der Waals surface area (Å²) in [7, 11) is 0.